The molecule has 0 aliphatic heterocycles. The molecule has 0 atom stereocenters. The highest BCUT2D eigenvalue weighted by molar-refractivity contribution is 5.75. The normalized spacial score (nSPS) is 11.5. The molecule has 0 saturated carbocycles. The van der Waals surface area contributed by atoms with Gasteiger partial charge in [0.2, 0.25) is 5.91 Å². The number of unbranched alkanes of at least 4 members (excludes halogenated alkanes) is 6. The van der Waals surface area contributed by atoms with Gasteiger partial charge >= 0.3 is 0 Å². The summed E-state index contributed by atoms with van der Waals surface area (Å²) in [4.78, 5) is 14.0. The standard InChI is InChI=1S/C18H36N2O2/c1-3-5-6-11-14-18(22)19-17-20(4-2)15-12-9-7-8-10-13-16-21/h3,5,21H,4,6-17H2,1-2H3,(H,19,22)/b5-3+. The minimum Gasteiger partial charge on any atom is -0.396 e. The Kier molecular flexibility index (Phi) is 15.8. The van der Waals surface area contributed by atoms with Gasteiger partial charge in [0.05, 0.1) is 6.67 Å². The van der Waals surface area contributed by atoms with Crippen LogP contribution >= 0.6 is 0 Å². The van der Waals surface area contributed by atoms with E-state index in [9.17, 15) is 4.79 Å². The molecule has 0 heterocycles. The van der Waals surface area contributed by atoms with Crippen LogP contribution in [0.3, 0.4) is 0 Å². The topological polar surface area (TPSA) is 52.6 Å². The van der Waals surface area contributed by atoms with Crippen LogP contribution in [-0.2, 0) is 4.79 Å². The van der Waals surface area contributed by atoms with Gasteiger partial charge in [-0.1, -0.05) is 44.8 Å². The number of carbonyl (C=O) groups excluding carboxylic acids is 1. The molecule has 0 aromatic heterocycles. The van der Waals surface area contributed by atoms with E-state index in [1.54, 1.807) is 0 Å². The quantitative estimate of drug-likeness (QED) is 0.277. The number of amides is 1. The average Bonchev–Trinajstić information content (AvgIpc) is 2.53. The molecule has 0 unspecified atom stereocenters. The van der Waals surface area contributed by atoms with E-state index in [1.165, 1.54) is 25.7 Å². The molecule has 0 radical (unpaired) electrons. The molecule has 0 fully saturated rings. The fraction of sp³-hybridized carbons (Fsp3) is 0.833. The van der Waals surface area contributed by atoms with Crippen LogP contribution in [0, 0.1) is 0 Å². The summed E-state index contributed by atoms with van der Waals surface area (Å²) in [5.74, 6) is 0.159. The van der Waals surface area contributed by atoms with Gasteiger partial charge in [-0.25, -0.2) is 0 Å². The molecular formula is C18H36N2O2. The van der Waals surface area contributed by atoms with E-state index in [4.69, 9.17) is 5.11 Å². The number of carbonyl (C=O) groups is 1. The summed E-state index contributed by atoms with van der Waals surface area (Å²) in [6, 6.07) is 0. The molecule has 0 aliphatic rings. The summed E-state index contributed by atoms with van der Waals surface area (Å²) >= 11 is 0. The van der Waals surface area contributed by atoms with Crippen LogP contribution in [0.15, 0.2) is 12.2 Å². The Bertz CT molecular complexity index is 280. The first-order valence-electron chi connectivity index (χ1n) is 8.95. The van der Waals surface area contributed by atoms with E-state index >= 15 is 0 Å². The number of aliphatic hydroxyl groups excluding tert-OH is 1. The summed E-state index contributed by atoms with van der Waals surface area (Å²) in [5, 5.41) is 11.7. The number of allylic oxidation sites excluding steroid dienone is 2. The van der Waals surface area contributed by atoms with Crippen molar-refractivity contribution in [1.82, 2.24) is 10.2 Å². The second kappa shape index (κ2) is 16.5. The third kappa shape index (κ3) is 14.1. The summed E-state index contributed by atoms with van der Waals surface area (Å²) in [5.41, 5.74) is 0. The zero-order valence-corrected chi connectivity index (χ0v) is 14.6. The Balaban J connectivity index is 3.55. The largest absolute Gasteiger partial charge is 0.396 e. The zero-order valence-electron chi connectivity index (χ0n) is 14.6. The lowest BCUT2D eigenvalue weighted by Gasteiger charge is -2.20. The highest BCUT2D eigenvalue weighted by atomic mass is 16.2. The molecule has 2 N–H and O–H groups in total. The van der Waals surface area contributed by atoms with Crippen molar-refractivity contribution >= 4 is 5.91 Å². The third-order valence-electron chi connectivity index (χ3n) is 3.84. The fourth-order valence-corrected chi connectivity index (χ4v) is 2.34. The fourth-order valence-electron chi connectivity index (χ4n) is 2.34. The van der Waals surface area contributed by atoms with Crippen molar-refractivity contribution in [3.05, 3.63) is 12.2 Å². The molecule has 0 bridgehead atoms. The van der Waals surface area contributed by atoms with Gasteiger partial charge in [-0.15, -0.1) is 0 Å². The highest BCUT2D eigenvalue weighted by Gasteiger charge is 2.05. The van der Waals surface area contributed by atoms with Gasteiger partial charge in [0, 0.05) is 13.0 Å². The maximum atomic E-state index is 11.7. The lowest BCUT2D eigenvalue weighted by molar-refractivity contribution is -0.121. The molecule has 1 amide bonds. The van der Waals surface area contributed by atoms with E-state index in [0.29, 0.717) is 19.7 Å². The van der Waals surface area contributed by atoms with Gasteiger partial charge in [-0.3, -0.25) is 9.69 Å². The molecule has 0 spiro atoms. The smallest absolute Gasteiger partial charge is 0.221 e. The van der Waals surface area contributed by atoms with Gasteiger partial charge in [0.1, 0.15) is 0 Å². The first-order valence-corrected chi connectivity index (χ1v) is 8.95. The van der Waals surface area contributed by atoms with Crippen molar-refractivity contribution in [2.75, 3.05) is 26.4 Å². The molecule has 0 aliphatic carbocycles. The molecule has 4 heteroatoms. The van der Waals surface area contributed by atoms with E-state index in [1.807, 2.05) is 13.0 Å². The Morgan fingerprint density at radius 3 is 2.41 bits per heavy atom. The van der Waals surface area contributed by atoms with Crippen LogP contribution in [0.4, 0.5) is 0 Å². The monoisotopic (exact) mass is 312 g/mol. The van der Waals surface area contributed by atoms with Crippen LogP contribution in [0.25, 0.3) is 0 Å². The molecule has 4 nitrogen and oxygen atoms in total. The van der Waals surface area contributed by atoms with Gasteiger partial charge in [0.25, 0.3) is 0 Å². The maximum Gasteiger partial charge on any atom is 0.221 e. The lowest BCUT2D eigenvalue weighted by atomic mass is 10.1. The van der Waals surface area contributed by atoms with Crippen molar-refractivity contribution < 1.29 is 9.90 Å². The van der Waals surface area contributed by atoms with Crippen LogP contribution in [0.1, 0.15) is 71.6 Å². The maximum absolute atomic E-state index is 11.7. The Morgan fingerprint density at radius 2 is 1.77 bits per heavy atom. The lowest BCUT2D eigenvalue weighted by Crippen LogP contribution is -2.38. The predicted molar refractivity (Wildman–Crippen MR) is 93.7 cm³/mol. The van der Waals surface area contributed by atoms with E-state index < -0.39 is 0 Å². The van der Waals surface area contributed by atoms with E-state index in [2.05, 4.69) is 23.2 Å². The Hall–Kier alpha value is -0.870. The van der Waals surface area contributed by atoms with Gasteiger partial charge < -0.3 is 10.4 Å². The Morgan fingerprint density at radius 1 is 1.09 bits per heavy atom. The third-order valence-corrected chi connectivity index (χ3v) is 3.84. The number of rotatable bonds is 15. The summed E-state index contributed by atoms with van der Waals surface area (Å²) in [7, 11) is 0. The van der Waals surface area contributed by atoms with Crippen LogP contribution < -0.4 is 5.32 Å². The number of nitrogens with zero attached hydrogens (tertiary/aromatic N) is 1. The highest BCUT2D eigenvalue weighted by Crippen LogP contribution is 2.06. The van der Waals surface area contributed by atoms with Gasteiger partial charge in [0.15, 0.2) is 0 Å². The summed E-state index contributed by atoms with van der Waals surface area (Å²) in [6.07, 6.45) is 13.6. The minimum atomic E-state index is 0.159. The minimum absolute atomic E-state index is 0.159. The SMILES string of the molecule is C/C=C/CCCC(=O)NCN(CC)CCCCCCCCO. The summed E-state index contributed by atoms with van der Waals surface area (Å²) in [6.45, 7) is 7.16. The van der Waals surface area contributed by atoms with Crippen molar-refractivity contribution in [3.8, 4) is 0 Å². The molecule has 0 aromatic rings. The average molecular weight is 312 g/mol. The number of hydrogen-bond acceptors (Lipinski definition) is 3. The zero-order chi connectivity index (χ0) is 16.5. The van der Waals surface area contributed by atoms with Gasteiger partial charge in [-0.2, -0.15) is 0 Å². The molecular weight excluding hydrogens is 276 g/mol. The van der Waals surface area contributed by atoms with E-state index in [0.717, 1.165) is 38.8 Å². The molecule has 0 saturated heterocycles. The predicted octanol–water partition coefficient (Wildman–Crippen LogP) is 3.46. The van der Waals surface area contributed by atoms with Crippen LogP contribution in [-0.4, -0.2) is 42.3 Å². The second-order valence-electron chi connectivity index (χ2n) is 5.77. The Labute approximate surface area is 137 Å². The number of aliphatic hydroxyl groups is 1. The molecule has 130 valence electrons. The van der Waals surface area contributed by atoms with Crippen molar-refractivity contribution in [1.29, 1.82) is 0 Å². The molecule has 22 heavy (non-hydrogen) atoms. The molecule has 0 rings (SSSR count). The van der Waals surface area contributed by atoms with Gasteiger partial charge in [-0.05, 0) is 45.7 Å². The van der Waals surface area contributed by atoms with E-state index in [-0.39, 0.29) is 5.91 Å². The second-order valence-corrected chi connectivity index (χ2v) is 5.77. The van der Waals surface area contributed by atoms with Crippen LogP contribution in [0.5, 0.6) is 0 Å². The van der Waals surface area contributed by atoms with Crippen molar-refractivity contribution in [3.63, 3.8) is 0 Å². The first kappa shape index (κ1) is 21.1. The van der Waals surface area contributed by atoms with Crippen LogP contribution in [0.2, 0.25) is 0 Å². The number of hydrogen-bond donors (Lipinski definition) is 2. The van der Waals surface area contributed by atoms with Crippen molar-refractivity contribution in [2.45, 2.75) is 71.6 Å². The van der Waals surface area contributed by atoms with Crippen molar-refractivity contribution in [2.24, 2.45) is 0 Å². The summed E-state index contributed by atoms with van der Waals surface area (Å²) < 4.78 is 0. The first-order chi connectivity index (χ1) is 10.7. The molecule has 0 aromatic carbocycles. The number of nitrogens with one attached hydrogen (secondary N) is 1.